The molecule has 1 N–H and O–H groups in total. The summed E-state index contributed by atoms with van der Waals surface area (Å²) in [5.41, 5.74) is 0.423. The van der Waals surface area contributed by atoms with Gasteiger partial charge in [-0.25, -0.2) is 0 Å². The van der Waals surface area contributed by atoms with Gasteiger partial charge >= 0.3 is 97.9 Å². The standard InChI is InChI=1S/C13H28GeO/c1-12(2,3)11-7-9-13(15,10-8-11)14(4,5)6/h11,15H,7-10H2,1-6H3. The number of aliphatic hydroxyl groups is 1. The van der Waals surface area contributed by atoms with Gasteiger partial charge in [-0.3, -0.25) is 0 Å². The molecule has 0 saturated heterocycles. The predicted octanol–water partition coefficient (Wildman–Crippen LogP) is 3.83. The molecule has 0 aliphatic heterocycles. The third-order valence-corrected chi connectivity index (χ3v) is 11.3. The van der Waals surface area contributed by atoms with E-state index in [0.29, 0.717) is 5.41 Å². The van der Waals surface area contributed by atoms with Gasteiger partial charge in [-0.2, -0.15) is 0 Å². The molecule has 90 valence electrons. The predicted molar refractivity (Wildman–Crippen MR) is 69.7 cm³/mol. The Labute approximate surface area is 98.0 Å². The van der Waals surface area contributed by atoms with Crippen molar-refractivity contribution in [3.05, 3.63) is 0 Å². The zero-order valence-corrected chi connectivity index (χ0v) is 13.5. The van der Waals surface area contributed by atoms with Crippen molar-refractivity contribution in [3.8, 4) is 0 Å². The molecule has 1 rings (SSSR count). The van der Waals surface area contributed by atoms with Gasteiger partial charge in [0.25, 0.3) is 0 Å². The second-order valence-electron chi connectivity index (χ2n) is 7.42. The molecule has 1 nitrogen and oxygen atoms in total. The van der Waals surface area contributed by atoms with Gasteiger partial charge < -0.3 is 0 Å². The van der Waals surface area contributed by atoms with E-state index in [-0.39, 0.29) is 4.43 Å². The Morgan fingerprint density at radius 1 is 1.07 bits per heavy atom. The maximum absolute atomic E-state index is 10.7. The van der Waals surface area contributed by atoms with E-state index < -0.39 is 13.3 Å². The van der Waals surface area contributed by atoms with Crippen LogP contribution < -0.4 is 0 Å². The molecule has 0 aromatic carbocycles. The molecule has 0 bridgehead atoms. The van der Waals surface area contributed by atoms with Crippen LogP contribution >= 0.6 is 0 Å². The molecule has 1 fully saturated rings. The summed E-state index contributed by atoms with van der Waals surface area (Å²) in [5, 5.41) is 10.7. The zero-order chi connectivity index (χ0) is 11.9. The Morgan fingerprint density at radius 2 is 1.47 bits per heavy atom. The van der Waals surface area contributed by atoms with Gasteiger partial charge in [-0.15, -0.1) is 0 Å². The fraction of sp³-hybridized carbons (Fsp3) is 1.00. The molecule has 1 aliphatic rings. The summed E-state index contributed by atoms with van der Waals surface area (Å²) < 4.78 is -0.248. The summed E-state index contributed by atoms with van der Waals surface area (Å²) >= 11 is -1.92. The van der Waals surface area contributed by atoms with Crippen LogP contribution in [0.1, 0.15) is 46.5 Å². The van der Waals surface area contributed by atoms with E-state index in [4.69, 9.17) is 0 Å². The first kappa shape index (κ1) is 13.6. The second-order valence-corrected chi connectivity index (χ2v) is 18.8. The summed E-state index contributed by atoms with van der Waals surface area (Å²) in [6, 6.07) is 0. The van der Waals surface area contributed by atoms with Crippen LogP contribution in [-0.4, -0.2) is 22.8 Å². The van der Waals surface area contributed by atoms with Crippen molar-refractivity contribution in [1.82, 2.24) is 0 Å². The Hall–Kier alpha value is 0.503. The van der Waals surface area contributed by atoms with Crippen molar-refractivity contribution >= 4 is 13.3 Å². The van der Waals surface area contributed by atoms with Gasteiger partial charge in [0.1, 0.15) is 0 Å². The fourth-order valence-electron chi connectivity index (χ4n) is 2.71. The number of hydrogen-bond donors (Lipinski definition) is 1. The van der Waals surface area contributed by atoms with Crippen molar-refractivity contribution in [2.45, 2.75) is 68.2 Å². The molecule has 0 unspecified atom stereocenters. The molecule has 2 heteroatoms. The Bertz CT molecular complexity index is 214. The average Bonchev–Trinajstić information content (AvgIpc) is 2.01. The summed E-state index contributed by atoms with van der Waals surface area (Å²) in [6.07, 6.45) is 4.56. The molecule has 0 spiro atoms. The quantitative estimate of drug-likeness (QED) is 0.720. The van der Waals surface area contributed by atoms with Crippen molar-refractivity contribution in [2.24, 2.45) is 11.3 Å². The Kier molecular flexibility index (Phi) is 3.68. The van der Waals surface area contributed by atoms with Gasteiger partial charge in [0.15, 0.2) is 0 Å². The molecule has 0 aromatic heterocycles. The van der Waals surface area contributed by atoms with Crippen molar-refractivity contribution in [1.29, 1.82) is 0 Å². The summed E-state index contributed by atoms with van der Waals surface area (Å²) in [5.74, 6) is 7.84. The SMILES string of the molecule is CC(C)(C)C1CC[C](O)([Ge]([CH3])([CH3])[CH3])CC1. The number of rotatable bonds is 1. The third kappa shape index (κ3) is 3.00. The molecule has 0 amide bonds. The molecule has 1 aliphatic carbocycles. The third-order valence-electron chi connectivity index (χ3n) is 4.43. The van der Waals surface area contributed by atoms with Crippen LogP contribution in [0.15, 0.2) is 0 Å². The van der Waals surface area contributed by atoms with E-state index in [1.54, 1.807) is 0 Å². The zero-order valence-electron chi connectivity index (χ0n) is 11.4. The van der Waals surface area contributed by atoms with Crippen LogP contribution in [0.2, 0.25) is 17.3 Å². The first-order valence-electron chi connectivity index (χ1n) is 6.29. The Balaban J connectivity index is 2.64. The van der Waals surface area contributed by atoms with E-state index in [1.807, 2.05) is 0 Å². The Morgan fingerprint density at radius 3 is 1.73 bits per heavy atom. The maximum atomic E-state index is 10.7. The number of hydrogen-bond acceptors (Lipinski definition) is 1. The van der Waals surface area contributed by atoms with Crippen LogP contribution in [0.3, 0.4) is 0 Å². The van der Waals surface area contributed by atoms with Gasteiger partial charge in [-0.05, 0) is 0 Å². The molecular weight excluding hydrogens is 245 g/mol. The monoisotopic (exact) mass is 274 g/mol. The molecule has 0 aromatic rings. The molecule has 0 heterocycles. The van der Waals surface area contributed by atoms with Gasteiger partial charge in [0.2, 0.25) is 0 Å². The molecule has 1 saturated carbocycles. The van der Waals surface area contributed by atoms with Crippen molar-refractivity contribution in [3.63, 3.8) is 0 Å². The minimum absolute atomic E-state index is 0.248. The first-order valence-corrected chi connectivity index (χ1v) is 13.6. The summed E-state index contributed by atoms with van der Waals surface area (Å²) in [7, 11) is 0. The van der Waals surface area contributed by atoms with Crippen molar-refractivity contribution in [2.75, 3.05) is 0 Å². The molecule has 0 atom stereocenters. The summed E-state index contributed by atoms with van der Waals surface area (Å²) in [6.45, 7) is 7.00. The van der Waals surface area contributed by atoms with E-state index in [2.05, 4.69) is 38.0 Å². The normalized spacial score (nSPS) is 34.2. The first-order chi connectivity index (χ1) is 6.56. The van der Waals surface area contributed by atoms with E-state index >= 15 is 0 Å². The van der Waals surface area contributed by atoms with Gasteiger partial charge in [0.05, 0.1) is 0 Å². The minimum atomic E-state index is -1.92. The molecule has 0 radical (unpaired) electrons. The van der Waals surface area contributed by atoms with Crippen LogP contribution in [0, 0.1) is 11.3 Å². The van der Waals surface area contributed by atoms with Gasteiger partial charge in [-0.1, -0.05) is 0 Å². The van der Waals surface area contributed by atoms with E-state index in [1.165, 1.54) is 12.8 Å². The topological polar surface area (TPSA) is 20.2 Å². The van der Waals surface area contributed by atoms with Crippen LogP contribution in [0.5, 0.6) is 0 Å². The molecule has 15 heavy (non-hydrogen) atoms. The van der Waals surface area contributed by atoms with Crippen molar-refractivity contribution < 1.29 is 5.11 Å². The second kappa shape index (κ2) is 4.07. The van der Waals surface area contributed by atoms with E-state index in [0.717, 1.165) is 18.8 Å². The molecular formula is C13H28GeO. The average molecular weight is 273 g/mol. The van der Waals surface area contributed by atoms with Crippen LogP contribution in [-0.2, 0) is 0 Å². The van der Waals surface area contributed by atoms with Crippen LogP contribution in [0.25, 0.3) is 0 Å². The van der Waals surface area contributed by atoms with Crippen LogP contribution in [0.4, 0.5) is 0 Å². The summed E-state index contributed by atoms with van der Waals surface area (Å²) in [4.78, 5) is 0. The van der Waals surface area contributed by atoms with E-state index in [9.17, 15) is 5.11 Å². The fourth-order valence-corrected chi connectivity index (χ4v) is 6.46. The van der Waals surface area contributed by atoms with Gasteiger partial charge in [0, 0.05) is 0 Å².